The van der Waals surface area contributed by atoms with Crippen LogP contribution < -0.4 is 9.64 Å². The Labute approximate surface area is 125 Å². The van der Waals surface area contributed by atoms with Crippen molar-refractivity contribution in [2.45, 2.75) is 46.1 Å². The fourth-order valence-electron chi connectivity index (χ4n) is 2.54. The summed E-state index contributed by atoms with van der Waals surface area (Å²) >= 11 is 0. The third kappa shape index (κ3) is 3.84. The molecule has 1 aliphatic rings. The molecule has 0 saturated carbocycles. The summed E-state index contributed by atoms with van der Waals surface area (Å²) in [6.45, 7) is 7.01. The van der Waals surface area contributed by atoms with Gasteiger partial charge in [-0.1, -0.05) is 12.8 Å². The minimum atomic E-state index is -0.489. The molecule has 1 aliphatic heterocycles. The fraction of sp³-hybridized carbons (Fsp3) is 0.625. The molecule has 114 valence electrons. The van der Waals surface area contributed by atoms with Gasteiger partial charge in [-0.2, -0.15) is 9.37 Å². The zero-order valence-electron chi connectivity index (χ0n) is 12.9. The molecule has 4 nitrogen and oxygen atoms in total. The molecule has 2 heterocycles. The smallest absolute Gasteiger partial charge is 0.256 e. The van der Waals surface area contributed by atoms with Crippen LogP contribution in [-0.4, -0.2) is 29.2 Å². The number of anilines is 1. The molecule has 21 heavy (non-hydrogen) atoms. The van der Waals surface area contributed by atoms with Crippen LogP contribution in [0.4, 0.5) is 10.2 Å². The third-order valence-electron chi connectivity index (χ3n) is 3.94. The maximum atomic E-state index is 14.5. The Bertz CT molecular complexity index is 538. The van der Waals surface area contributed by atoms with Crippen molar-refractivity contribution in [3.63, 3.8) is 0 Å². The molecule has 0 amide bonds. The third-order valence-corrected chi connectivity index (χ3v) is 3.94. The van der Waals surface area contributed by atoms with E-state index in [-0.39, 0.29) is 18.5 Å². The van der Waals surface area contributed by atoms with Gasteiger partial charge in [0.25, 0.3) is 5.88 Å². The second-order valence-corrected chi connectivity index (χ2v) is 5.55. The summed E-state index contributed by atoms with van der Waals surface area (Å²) in [4.78, 5) is 10.0. The van der Waals surface area contributed by atoms with Crippen LogP contribution in [0.5, 0.6) is 5.88 Å². The Kier molecular flexibility index (Phi) is 5.38. The molecule has 1 aromatic heterocycles. The van der Waals surface area contributed by atoms with E-state index in [0.717, 1.165) is 19.4 Å². The lowest BCUT2D eigenvalue weighted by molar-refractivity contribution is 0.330. The highest BCUT2D eigenvalue weighted by molar-refractivity contribution is 5.44. The summed E-state index contributed by atoms with van der Waals surface area (Å²) in [5.74, 6) is 5.93. The Morgan fingerprint density at radius 2 is 2.14 bits per heavy atom. The van der Waals surface area contributed by atoms with Gasteiger partial charge in [-0.15, -0.1) is 5.92 Å². The van der Waals surface area contributed by atoms with Crippen LogP contribution in [0.15, 0.2) is 6.33 Å². The van der Waals surface area contributed by atoms with E-state index in [1.165, 1.54) is 12.7 Å². The monoisotopic (exact) mass is 291 g/mol. The first-order chi connectivity index (χ1) is 10.1. The summed E-state index contributed by atoms with van der Waals surface area (Å²) in [6.07, 6.45) is 4.61. The van der Waals surface area contributed by atoms with Gasteiger partial charge < -0.3 is 9.64 Å². The summed E-state index contributed by atoms with van der Waals surface area (Å²) in [6, 6.07) is 0.266. The van der Waals surface area contributed by atoms with Crippen molar-refractivity contribution in [1.29, 1.82) is 0 Å². The van der Waals surface area contributed by atoms with Crippen molar-refractivity contribution in [1.82, 2.24) is 9.97 Å². The molecule has 1 saturated heterocycles. The standard InChI is InChI=1S/C16H22FN3O/c1-4-5-10-21-16-14(17)15(18-11-19-16)20-9-8-12(2)6-7-13(20)3/h11-13H,6-10H2,1-3H3. The molecule has 1 fully saturated rings. The highest BCUT2D eigenvalue weighted by Gasteiger charge is 2.25. The van der Waals surface area contributed by atoms with Crippen LogP contribution in [0.2, 0.25) is 0 Å². The SMILES string of the molecule is CC#CCOc1ncnc(N2CCC(C)CCC2C)c1F. The quantitative estimate of drug-likeness (QED) is 0.802. The lowest BCUT2D eigenvalue weighted by atomic mass is 10.0. The Morgan fingerprint density at radius 1 is 1.33 bits per heavy atom. The maximum absolute atomic E-state index is 14.5. The van der Waals surface area contributed by atoms with E-state index in [1.54, 1.807) is 6.92 Å². The average Bonchev–Trinajstić information content (AvgIpc) is 2.64. The summed E-state index contributed by atoms with van der Waals surface area (Å²) in [7, 11) is 0. The molecule has 1 aromatic rings. The summed E-state index contributed by atoms with van der Waals surface area (Å²) in [5.41, 5.74) is 0. The lowest BCUT2D eigenvalue weighted by Crippen LogP contribution is -2.34. The second-order valence-electron chi connectivity index (χ2n) is 5.55. The maximum Gasteiger partial charge on any atom is 0.256 e. The van der Waals surface area contributed by atoms with Gasteiger partial charge in [0.05, 0.1) is 0 Å². The molecule has 2 rings (SSSR count). The molecular weight excluding hydrogens is 269 g/mol. The Hall–Kier alpha value is -1.83. The van der Waals surface area contributed by atoms with Gasteiger partial charge in [0.1, 0.15) is 6.33 Å². The van der Waals surface area contributed by atoms with Gasteiger partial charge >= 0.3 is 0 Å². The average molecular weight is 291 g/mol. The zero-order valence-corrected chi connectivity index (χ0v) is 12.9. The number of hydrogen-bond acceptors (Lipinski definition) is 4. The van der Waals surface area contributed by atoms with Crippen LogP contribution in [0.25, 0.3) is 0 Å². The topological polar surface area (TPSA) is 38.3 Å². The predicted octanol–water partition coefficient (Wildman–Crippen LogP) is 3.03. The van der Waals surface area contributed by atoms with E-state index in [2.05, 4.69) is 35.7 Å². The van der Waals surface area contributed by atoms with E-state index in [9.17, 15) is 4.39 Å². The van der Waals surface area contributed by atoms with Gasteiger partial charge in [-0.25, -0.2) is 4.98 Å². The molecule has 0 bridgehead atoms. The normalized spacial score (nSPS) is 22.2. The van der Waals surface area contributed by atoms with Gasteiger partial charge in [-0.3, -0.25) is 0 Å². The van der Waals surface area contributed by atoms with Crippen LogP contribution in [0, 0.1) is 23.6 Å². The van der Waals surface area contributed by atoms with Crippen LogP contribution >= 0.6 is 0 Å². The fourth-order valence-corrected chi connectivity index (χ4v) is 2.54. The first-order valence-electron chi connectivity index (χ1n) is 7.43. The lowest BCUT2D eigenvalue weighted by Gasteiger charge is -2.28. The van der Waals surface area contributed by atoms with E-state index in [0.29, 0.717) is 11.7 Å². The van der Waals surface area contributed by atoms with E-state index < -0.39 is 5.82 Å². The van der Waals surface area contributed by atoms with Gasteiger partial charge in [-0.05, 0) is 39.0 Å². The molecule has 0 aliphatic carbocycles. The summed E-state index contributed by atoms with van der Waals surface area (Å²) in [5, 5.41) is 0. The van der Waals surface area contributed by atoms with Crippen LogP contribution in [0.1, 0.15) is 40.0 Å². The van der Waals surface area contributed by atoms with E-state index in [4.69, 9.17) is 4.74 Å². The van der Waals surface area contributed by atoms with Crippen molar-refractivity contribution in [2.24, 2.45) is 5.92 Å². The van der Waals surface area contributed by atoms with E-state index >= 15 is 0 Å². The molecule has 0 radical (unpaired) electrons. The molecular formula is C16H22FN3O. The number of halogens is 1. The van der Waals surface area contributed by atoms with Crippen molar-refractivity contribution >= 4 is 5.82 Å². The van der Waals surface area contributed by atoms with Gasteiger partial charge in [0.15, 0.2) is 12.4 Å². The minimum Gasteiger partial charge on any atom is -0.462 e. The number of hydrogen-bond donors (Lipinski definition) is 0. The molecule has 0 spiro atoms. The first-order valence-corrected chi connectivity index (χ1v) is 7.43. The summed E-state index contributed by atoms with van der Waals surface area (Å²) < 4.78 is 19.8. The highest BCUT2D eigenvalue weighted by atomic mass is 19.1. The van der Waals surface area contributed by atoms with Crippen molar-refractivity contribution < 1.29 is 9.13 Å². The van der Waals surface area contributed by atoms with Crippen molar-refractivity contribution in [3.05, 3.63) is 12.1 Å². The number of rotatable bonds is 3. The van der Waals surface area contributed by atoms with Crippen LogP contribution in [-0.2, 0) is 0 Å². The number of nitrogens with zero attached hydrogens (tertiary/aromatic N) is 3. The van der Waals surface area contributed by atoms with Gasteiger partial charge in [0, 0.05) is 12.6 Å². The second kappa shape index (κ2) is 7.26. The largest absolute Gasteiger partial charge is 0.462 e. The molecule has 5 heteroatoms. The minimum absolute atomic E-state index is 0.0211. The molecule has 2 atom stereocenters. The van der Waals surface area contributed by atoms with Crippen molar-refractivity contribution in [2.75, 3.05) is 18.1 Å². The molecule has 2 unspecified atom stereocenters. The van der Waals surface area contributed by atoms with Crippen LogP contribution in [0.3, 0.4) is 0 Å². The predicted molar refractivity (Wildman–Crippen MR) is 80.8 cm³/mol. The zero-order chi connectivity index (χ0) is 15.2. The number of ether oxygens (including phenoxy) is 1. The highest BCUT2D eigenvalue weighted by Crippen LogP contribution is 2.29. The van der Waals surface area contributed by atoms with E-state index in [1.807, 2.05) is 4.90 Å². The first kappa shape index (κ1) is 15.6. The Morgan fingerprint density at radius 3 is 2.90 bits per heavy atom. The van der Waals surface area contributed by atoms with Crippen molar-refractivity contribution in [3.8, 4) is 17.7 Å². The molecule has 0 aromatic carbocycles. The number of aromatic nitrogens is 2. The Balaban J connectivity index is 2.21. The van der Waals surface area contributed by atoms with Gasteiger partial charge in [0.2, 0.25) is 5.82 Å². The molecule has 0 N–H and O–H groups in total.